The van der Waals surface area contributed by atoms with Crippen LogP contribution in [0.4, 0.5) is 8.78 Å². The molecule has 0 radical (unpaired) electrons. The molecule has 1 aromatic rings. The Bertz CT molecular complexity index is 247. The average molecular weight is 175 g/mol. The van der Waals surface area contributed by atoms with Crippen molar-refractivity contribution in [3.05, 3.63) is 18.0 Å². The third-order valence-corrected chi connectivity index (χ3v) is 1.65. The highest BCUT2D eigenvalue weighted by Crippen LogP contribution is 2.14. The van der Waals surface area contributed by atoms with Crippen molar-refractivity contribution in [3.8, 4) is 0 Å². The molecule has 1 aromatic heterocycles. The molecule has 5 heteroatoms. The summed E-state index contributed by atoms with van der Waals surface area (Å²) >= 11 is 0. The van der Waals surface area contributed by atoms with Gasteiger partial charge in [-0.25, -0.2) is 4.68 Å². The zero-order valence-corrected chi connectivity index (χ0v) is 6.74. The van der Waals surface area contributed by atoms with E-state index in [1.807, 2.05) is 6.92 Å². The fourth-order valence-corrected chi connectivity index (χ4v) is 0.868. The summed E-state index contributed by atoms with van der Waals surface area (Å²) in [5.41, 5.74) is 6.10. The first-order valence-corrected chi connectivity index (χ1v) is 3.74. The van der Waals surface area contributed by atoms with Gasteiger partial charge in [-0.2, -0.15) is 13.9 Å². The van der Waals surface area contributed by atoms with Gasteiger partial charge in [0.15, 0.2) is 0 Å². The minimum Gasteiger partial charge on any atom is -0.323 e. The Labute approximate surface area is 69.2 Å². The van der Waals surface area contributed by atoms with Crippen molar-refractivity contribution < 1.29 is 8.78 Å². The summed E-state index contributed by atoms with van der Waals surface area (Å²) in [6.07, 6.45) is 1.93. The first-order valence-electron chi connectivity index (χ1n) is 3.74. The number of alkyl halides is 2. The van der Waals surface area contributed by atoms with E-state index in [4.69, 9.17) is 5.73 Å². The number of rotatable bonds is 3. The lowest BCUT2D eigenvalue weighted by Crippen LogP contribution is -2.10. The van der Waals surface area contributed by atoms with E-state index in [-0.39, 0.29) is 6.04 Å². The van der Waals surface area contributed by atoms with Crippen molar-refractivity contribution in [3.63, 3.8) is 0 Å². The molecule has 3 nitrogen and oxygen atoms in total. The quantitative estimate of drug-likeness (QED) is 0.759. The van der Waals surface area contributed by atoms with Gasteiger partial charge in [0, 0.05) is 12.2 Å². The van der Waals surface area contributed by atoms with Crippen molar-refractivity contribution in [2.24, 2.45) is 5.73 Å². The summed E-state index contributed by atoms with van der Waals surface area (Å²) in [5.74, 6) is 0. The van der Waals surface area contributed by atoms with Gasteiger partial charge in [-0.3, -0.25) is 0 Å². The maximum Gasteiger partial charge on any atom is 0.333 e. The highest BCUT2D eigenvalue weighted by atomic mass is 19.3. The normalized spacial score (nSPS) is 13.8. The molecule has 1 rings (SSSR count). The largest absolute Gasteiger partial charge is 0.333 e. The molecule has 0 fully saturated rings. The molecule has 0 aliphatic carbocycles. The Hall–Kier alpha value is -0.970. The van der Waals surface area contributed by atoms with E-state index in [9.17, 15) is 8.78 Å². The topological polar surface area (TPSA) is 43.8 Å². The second-order valence-corrected chi connectivity index (χ2v) is 2.51. The standard InChI is InChI=1S/C7H11F2N3/c1-2-5(10)6-3-4-12(11-6)7(8)9/h3-5,7H,2,10H2,1H3. The molecule has 0 aromatic carbocycles. The maximum absolute atomic E-state index is 12.0. The summed E-state index contributed by atoms with van der Waals surface area (Å²) < 4.78 is 24.6. The van der Waals surface area contributed by atoms with E-state index in [0.717, 1.165) is 0 Å². The number of aromatic nitrogens is 2. The third kappa shape index (κ3) is 1.79. The summed E-state index contributed by atoms with van der Waals surface area (Å²) in [6, 6.07) is 1.27. The molecular formula is C7H11F2N3. The first kappa shape index (κ1) is 9.12. The van der Waals surface area contributed by atoms with Crippen LogP contribution < -0.4 is 5.73 Å². The molecule has 0 saturated carbocycles. The summed E-state index contributed by atoms with van der Waals surface area (Å²) in [4.78, 5) is 0. The van der Waals surface area contributed by atoms with Crippen molar-refractivity contribution in [2.45, 2.75) is 25.9 Å². The van der Waals surface area contributed by atoms with E-state index < -0.39 is 6.55 Å². The smallest absolute Gasteiger partial charge is 0.323 e. The summed E-state index contributed by atoms with van der Waals surface area (Å²) in [5, 5.41) is 3.62. The van der Waals surface area contributed by atoms with Gasteiger partial charge in [0.05, 0.1) is 5.69 Å². The fourth-order valence-electron chi connectivity index (χ4n) is 0.868. The lowest BCUT2D eigenvalue weighted by atomic mass is 10.2. The molecule has 1 unspecified atom stereocenters. The van der Waals surface area contributed by atoms with Crippen molar-refractivity contribution in [1.82, 2.24) is 9.78 Å². The lowest BCUT2D eigenvalue weighted by molar-refractivity contribution is 0.0560. The number of hydrogen-bond acceptors (Lipinski definition) is 2. The molecule has 0 bridgehead atoms. The van der Waals surface area contributed by atoms with Crippen LogP contribution in [0.3, 0.4) is 0 Å². The number of hydrogen-bond donors (Lipinski definition) is 1. The zero-order chi connectivity index (χ0) is 9.14. The Morgan fingerprint density at radius 3 is 2.75 bits per heavy atom. The van der Waals surface area contributed by atoms with Gasteiger partial charge < -0.3 is 5.73 Å². The highest BCUT2D eigenvalue weighted by Gasteiger charge is 2.10. The molecule has 0 aliphatic rings. The lowest BCUT2D eigenvalue weighted by Gasteiger charge is -2.03. The van der Waals surface area contributed by atoms with E-state index >= 15 is 0 Å². The molecular weight excluding hydrogens is 164 g/mol. The van der Waals surface area contributed by atoms with Gasteiger partial charge in [0.1, 0.15) is 0 Å². The van der Waals surface area contributed by atoms with Gasteiger partial charge in [-0.15, -0.1) is 0 Å². The number of nitrogens with zero attached hydrogens (tertiary/aromatic N) is 2. The summed E-state index contributed by atoms with van der Waals surface area (Å²) in [6.45, 7) is -0.700. The maximum atomic E-state index is 12.0. The van der Waals surface area contributed by atoms with Crippen LogP contribution in [0, 0.1) is 0 Å². The van der Waals surface area contributed by atoms with Crippen molar-refractivity contribution >= 4 is 0 Å². The second kappa shape index (κ2) is 3.62. The SMILES string of the molecule is CCC(N)c1ccn(C(F)F)n1. The minimum atomic E-state index is -2.58. The molecule has 0 aliphatic heterocycles. The Balaban J connectivity index is 2.77. The van der Waals surface area contributed by atoms with Gasteiger partial charge in [-0.1, -0.05) is 6.92 Å². The molecule has 12 heavy (non-hydrogen) atoms. The first-order chi connectivity index (χ1) is 5.65. The van der Waals surface area contributed by atoms with Crippen LogP contribution in [-0.4, -0.2) is 9.78 Å². The van der Waals surface area contributed by atoms with E-state index in [2.05, 4.69) is 5.10 Å². The van der Waals surface area contributed by atoms with Crippen LogP contribution in [0.2, 0.25) is 0 Å². The van der Waals surface area contributed by atoms with Crippen LogP contribution in [0.25, 0.3) is 0 Å². The zero-order valence-electron chi connectivity index (χ0n) is 6.74. The van der Waals surface area contributed by atoms with Gasteiger partial charge in [0.2, 0.25) is 0 Å². The molecule has 68 valence electrons. The van der Waals surface area contributed by atoms with E-state index in [0.29, 0.717) is 16.8 Å². The van der Waals surface area contributed by atoms with Crippen LogP contribution >= 0.6 is 0 Å². The molecule has 2 N–H and O–H groups in total. The van der Waals surface area contributed by atoms with Crippen LogP contribution in [0.1, 0.15) is 31.6 Å². The predicted molar refractivity (Wildman–Crippen MR) is 40.7 cm³/mol. The second-order valence-electron chi connectivity index (χ2n) is 2.51. The number of halogens is 2. The Kier molecular flexibility index (Phi) is 2.75. The third-order valence-electron chi connectivity index (χ3n) is 1.65. The van der Waals surface area contributed by atoms with Gasteiger partial charge in [0.25, 0.3) is 0 Å². The van der Waals surface area contributed by atoms with Crippen molar-refractivity contribution in [1.29, 1.82) is 0 Å². The molecule has 1 heterocycles. The van der Waals surface area contributed by atoms with Gasteiger partial charge in [-0.05, 0) is 12.5 Å². The highest BCUT2D eigenvalue weighted by molar-refractivity contribution is 5.04. The molecule has 0 spiro atoms. The van der Waals surface area contributed by atoms with E-state index in [1.165, 1.54) is 12.3 Å². The summed E-state index contributed by atoms with van der Waals surface area (Å²) in [7, 11) is 0. The molecule has 0 amide bonds. The molecule has 0 saturated heterocycles. The van der Waals surface area contributed by atoms with Gasteiger partial charge >= 0.3 is 6.55 Å². The number of nitrogens with two attached hydrogens (primary N) is 1. The fraction of sp³-hybridized carbons (Fsp3) is 0.571. The monoisotopic (exact) mass is 175 g/mol. The Morgan fingerprint density at radius 2 is 2.33 bits per heavy atom. The van der Waals surface area contributed by atoms with Crippen LogP contribution in [0.5, 0.6) is 0 Å². The molecule has 1 atom stereocenters. The van der Waals surface area contributed by atoms with Crippen LogP contribution in [-0.2, 0) is 0 Å². The van der Waals surface area contributed by atoms with Crippen LogP contribution in [0.15, 0.2) is 12.3 Å². The van der Waals surface area contributed by atoms with E-state index in [1.54, 1.807) is 0 Å². The average Bonchev–Trinajstić information content (AvgIpc) is 2.51. The minimum absolute atomic E-state index is 0.245. The van der Waals surface area contributed by atoms with Crippen molar-refractivity contribution in [2.75, 3.05) is 0 Å². The predicted octanol–water partition coefficient (Wildman–Crippen LogP) is 1.69. The Morgan fingerprint density at radius 1 is 1.67 bits per heavy atom.